The Balaban J connectivity index is 3.55. The molecule has 3 heteroatoms. The van der Waals surface area contributed by atoms with Crippen LogP contribution in [-0.2, 0) is 4.79 Å². The van der Waals surface area contributed by atoms with Crippen molar-refractivity contribution in [1.82, 2.24) is 10.2 Å². The lowest BCUT2D eigenvalue weighted by Gasteiger charge is -2.18. The predicted octanol–water partition coefficient (Wildman–Crippen LogP) is 1.74. The third kappa shape index (κ3) is 9.73. The number of nitrogens with one attached hydrogen (secondary N) is 1. The zero-order valence-electron chi connectivity index (χ0n) is 10.8. The number of hydrogen-bond acceptors (Lipinski definition) is 2. The maximum Gasteiger partial charge on any atom is 0.234 e. The smallest absolute Gasteiger partial charge is 0.234 e. The van der Waals surface area contributed by atoms with Gasteiger partial charge in [-0.25, -0.2) is 0 Å². The average molecular weight is 214 g/mol. The minimum atomic E-state index is 0.138. The minimum absolute atomic E-state index is 0.138. The molecule has 0 aliphatic carbocycles. The van der Waals surface area contributed by atoms with Crippen molar-refractivity contribution in [3.63, 3.8) is 0 Å². The van der Waals surface area contributed by atoms with Crippen LogP contribution in [0.3, 0.4) is 0 Å². The molecule has 0 atom stereocenters. The van der Waals surface area contributed by atoms with Crippen LogP contribution in [0.5, 0.6) is 0 Å². The molecule has 0 aromatic heterocycles. The summed E-state index contributed by atoms with van der Waals surface area (Å²) < 4.78 is 0. The van der Waals surface area contributed by atoms with E-state index in [0.29, 0.717) is 18.4 Å². The monoisotopic (exact) mass is 214 g/mol. The fourth-order valence-corrected chi connectivity index (χ4v) is 1.49. The van der Waals surface area contributed by atoms with E-state index >= 15 is 0 Å². The highest BCUT2D eigenvalue weighted by Crippen LogP contribution is 1.97. The zero-order valence-corrected chi connectivity index (χ0v) is 10.8. The Morgan fingerprint density at radius 1 is 1.20 bits per heavy atom. The topological polar surface area (TPSA) is 32.3 Å². The molecule has 0 fully saturated rings. The molecule has 15 heavy (non-hydrogen) atoms. The van der Waals surface area contributed by atoms with Crippen molar-refractivity contribution in [2.75, 3.05) is 26.7 Å². The molecule has 0 heterocycles. The summed E-state index contributed by atoms with van der Waals surface area (Å²) in [7, 11) is 1.99. The van der Waals surface area contributed by atoms with Gasteiger partial charge in [-0.05, 0) is 25.3 Å². The summed E-state index contributed by atoms with van der Waals surface area (Å²) in [4.78, 5) is 13.5. The van der Waals surface area contributed by atoms with E-state index in [1.165, 1.54) is 0 Å². The molecule has 90 valence electrons. The van der Waals surface area contributed by atoms with Gasteiger partial charge in [-0.2, -0.15) is 0 Å². The first-order valence-electron chi connectivity index (χ1n) is 5.87. The predicted molar refractivity (Wildman–Crippen MR) is 64.8 cm³/mol. The van der Waals surface area contributed by atoms with Gasteiger partial charge in [-0.15, -0.1) is 0 Å². The number of hydrogen-bond donors (Lipinski definition) is 1. The highest BCUT2D eigenvalue weighted by atomic mass is 16.2. The van der Waals surface area contributed by atoms with Gasteiger partial charge in [-0.1, -0.05) is 27.7 Å². The lowest BCUT2D eigenvalue weighted by atomic mass is 10.1. The van der Waals surface area contributed by atoms with E-state index in [0.717, 1.165) is 19.5 Å². The molecule has 0 aromatic carbocycles. The largest absolute Gasteiger partial charge is 0.355 e. The SMILES string of the molecule is CC(C)CCNC(=O)CN(C)CC(C)C. The van der Waals surface area contributed by atoms with Gasteiger partial charge in [-0.3, -0.25) is 9.69 Å². The zero-order chi connectivity index (χ0) is 11.8. The van der Waals surface area contributed by atoms with E-state index < -0.39 is 0 Å². The molecule has 0 aliphatic rings. The van der Waals surface area contributed by atoms with Crippen LogP contribution in [-0.4, -0.2) is 37.5 Å². The Kier molecular flexibility index (Phi) is 7.39. The number of likely N-dealkylation sites (N-methyl/N-ethyl adjacent to an activating group) is 1. The first-order valence-corrected chi connectivity index (χ1v) is 5.87. The molecule has 0 rings (SSSR count). The quantitative estimate of drug-likeness (QED) is 0.700. The molecule has 3 nitrogen and oxygen atoms in total. The van der Waals surface area contributed by atoms with E-state index in [1.807, 2.05) is 7.05 Å². The van der Waals surface area contributed by atoms with E-state index in [9.17, 15) is 4.79 Å². The normalized spacial score (nSPS) is 11.5. The molecular formula is C12H26N2O. The fourth-order valence-electron chi connectivity index (χ4n) is 1.49. The van der Waals surface area contributed by atoms with E-state index in [1.54, 1.807) is 0 Å². The van der Waals surface area contributed by atoms with E-state index in [4.69, 9.17) is 0 Å². The highest BCUT2D eigenvalue weighted by Gasteiger charge is 2.07. The molecule has 0 spiro atoms. The molecule has 0 aliphatic heterocycles. The van der Waals surface area contributed by atoms with Crippen LogP contribution in [0.4, 0.5) is 0 Å². The van der Waals surface area contributed by atoms with E-state index in [2.05, 4.69) is 37.9 Å². The Labute approximate surface area is 94.2 Å². The second kappa shape index (κ2) is 7.69. The molecule has 0 saturated heterocycles. The summed E-state index contributed by atoms with van der Waals surface area (Å²) in [5, 5.41) is 2.94. The lowest BCUT2D eigenvalue weighted by molar-refractivity contribution is -0.122. The first-order chi connectivity index (χ1) is 6.91. The third-order valence-electron chi connectivity index (χ3n) is 2.13. The Morgan fingerprint density at radius 3 is 2.27 bits per heavy atom. The number of carbonyl (C=O) groups excluding carboxylic acids is 1. The second-order valence-electron chi connectivity index (χ2n) is 5.12. The number of carbonyl (C=O) groups is 1. The number of amides is 1. The molecular weight excluding hydrogens is 188 g/mol. The standard InChI is InChI=1S/C12H26N2O/c1-10(2)6-7-13-12(15)9-14(5)8-11(3)4/h10-11H,6-9H2,1-5H3,(H,13,15). The van der Waals surface area contributed by atoms with Gasteiger partial charge in [0.1, 0.15) is 0 Å². The van der Waals surface area contributed by atoms with Crippen molar-refractivity contribution in [1.29, 1.82) is 0 Å². The minimum Gasteiger partial charge on any atom is -0.355 e. The first kappa shape index (κ1) is 14.4. The van der Waals surface area contributed by atoms with Crippen molar-refractivity contribution >= 4 is 5.91 Å². The van der Waals surface area contributed by atoms with Gasteiger partial charge < -0.3 is 5.32 Å². The van der Waals surface area contributed by atoms with Crippen LogP contribution in [0.2, 0.25) is 0 Å². The van der Waals surface area contributed by atoms with Crippen molar-refractivity contribution in [2.45, 2.75) is 34.1 Å². The number of rotatable bonds is 7. The van der Waals surface area contributed by atoms with Crippen LogP contribution in [0, 0.1) is 11.8 Å². The molecule has 0 aromatic rings. The fraction of sp³-hybridized carbons (Fsp3) is 0.917. The van der Waals surface area contributed by atoms with Crippen molar-refractivity contribution < 1.29 is 4.79 Å². The van der Waals surface area contributed by atoms with Gasteiger partial charge >= 0.3 is 0 Å². The molecule has 0 bridgehead atoms. The second-order valence-corrected chi connectivity index (χ2v) is 5.12. The van der Waals surface area contributed by atoms with Crippen molar-refractivity contribution in [3.8, 4) is 0 Å². The molecule has 1 N–H and O–H groups in total. The van der Waals surface area contributed by atoms with Crippen molar-refractivity contribution in [2.24, 2.45) is 11.8 Å². The van der Waals surface area contributed by atoms with Crippen LogP contribution in [0.15, 0.2) is 0 Å². The van der Waals surface area contributed by atoms with Gasteiger partial charge in [0.25, 0.3) is 0 Å². The highest BCUT2D eigenvalue weighted by molar-refractivity contribution is 5.77. The van der Waals surface area contributed by atoms with E-state index in [-0.39, 0.29) is 5.91 Å². The van der Waals surface area contributed by atoms with Gasteiger partial charge in [0, 0.05) is 13.1 Å². The van der Waals surface area contributed by atoms with Gasteiger partial charge in [0.05, 0.1) is 6.54 Å². The summed E-state index contributed by atoms with van der Waals surface area (Å²) >= 11 is 0. The Morgan fingerprint density at radius 2 is 1.80 bits per heavy atom. The van der Waals surface area contributed by atoms with Crippen LogP contribution in [0.25, 0.3) is 0 Å². The summed E-state index contributed by atoms with van der Waals surface area (Å²) in [6.07, 6.45) is 1.06. The van der Waals surface area contributed by atoms with Gasteiger partial charge in [0.2, 0.25) is 5.91 Å². The Hall–Kier alpha value is -0.570. The van der Waals surface area contributed by atoms with Crippen LogP contribution in [0.1, 0.15) is 34.1 Å². The van der Waals surface area contributed by atoms with Crippen LogP contribution < -0.4 is 5.32 Å². The van der Waals surface area contributed by atoms with Gasteiger partial charge in [0.15, 0.2) is 0 Å². The van der Waals surface area contributed by atoms with Crippen LogP contribution >= 0.6 is 0 Å². The summed E-state index contributed by atoms with van der Waals surface area (Å²) in [5.41, 5.74) is 0. The third-order valence-corrected chi connectivity index (χ3v) is 2.13. The maximum absolute atomic E-state index is 11.5. The molecule has 0 saturated carbocycles. The molecule has 0 unspecified atom stereocenters. The summed E-state index contributed by atoms with van der Waals surface area (Å²) in [6, 6.07) is 0. The summed E-state index contributed by atoms with van der Waals surface area (Å²) in [5.74, 6) is 1.40. The molecule has 1 amide bonds. The Bertz CT molecular complexity index is 178. The lowest BCUT2D eigenvalue weighted by Crippen LogP contribution is -2.37. The average Bonchev–Trinajstić information content (AvgIpc) is 2.00. The maximum atomic E-state index is 11.5. The molecule has 0 radical (unpaired) electrons. The van der Waals surface area contributed by atoms with Crippen molar-refractivity contribution in [3.05, 3.63) is 0 Å². The summed E-state index contributed by atoms with van der Waals surface area (Å²) in [6.45, 7) is 10.9. The number of nitrogens with zero attached hydrogens (tertiary/aromatic N) is 1.